The number of benzene rings is 2. The zero-order valence-electron chi connectivity index (χ0n) is 20.1. The first kappa shape index (κ1) is 24.9. The summed E-state index contributed by atoms with van der Waals surface area (Å²) in [7, 11) is 0. The molecule has 35 heavy (non-hydrogen) atoms. The van der Waals surface area contributed by atoms with Crippen LogP contribution in [0.15, 0.2) is 47.3 Å². The maximum atomic E-state index is 13.4. The number of alkyl halides is 1. The van der Waals surface area contributed by atoms with Gasteiger partial charge in [-0.05, 0) is 67.1 Å². The third-order valence-corrected chi connectivity index (χ3v) is 7.29. The van der Waals surface area contributed by atoms with E-state index in [1.807, 2.05) is 44.2 Å². The number of carbonyl (C=O) groups excluding carboxylic acids is 1. The quantitative estimate of drug-likeness (QED) is 0.216. The summed E-state index contributed by atoms with van der Waals surface area (Å²) in [6, 6.07) is 14.3. The van der Waals surface area contributed by atoms with Crippen molar-refractivity contribution in [2.45, 2.75) is 57.4 Å². The van der Waals surface area contributed by atoms with Gasteiger partial charge >= 0.3 is 0 Å². The van der Waals surface area contributed by atoms with Crippen molar-refractivity contribution >= 4 is 33.7 Å². The van der Waals surface area contributed by atoms with E-state index in [4.69, 9.17) is 5.41 Å². The van der Waals surface area contributed by atoms with Crippen molar-refractivity contribution in [3.05, 3.63) is 86.3 Å². The lowest BCUT2D eigenvalue weighted by atomic mass is 9.96. The van der Waals surface area contributed by atoms with Crippen LogP contribution in [0, 0.1) is 19.3 Å². The maximum Gasteiger partial charge on any atom is 0.253 e. The Labute approximate surface area is 214 Å². The predicted molar refractivity (Wildman–Crippen MR) is 146 cm³/mol. The number of hydrogen-bond acceptors (Lipinski definition) is 4. The van der Waals surface area contributed by atoms with Gasteiger partial charge in [0.2, 0.25) is 0 Å². The molecule has 1 aromatic heterocycles. The van der Waals surface area contributed by atoms with Gasteiger partial charge in [-0.2, -0.15) is 0 Å². The fourth-order valence-corrected chi connectivity index (χ4v) is 5.10. The molecule has 1 fully saturated rings. The van der Waals surface area contributed by atoms with Crippen molar-refractivity contribution < 1.29 is 4.79 Å². The largest absolute Gasteiger partial charge is 0.382 e. The third-order valence-electron chi connectivity index (χ3n) is 6.64. The summed E-state index contributed by atoms with van der Waals surface area (Å²) in [5, 5.41) is 15.4. The Kier molecular flexibility index (Phi) is 7.86. The lowest BCUT2D eigenvalue weighted by Gasteiger charge is -2.20. The molecule has 0 radical (unpaired) electrons. The van der Waals surface area contributed by atoms with E-state index in [9.17, 15) is 9.59 Å². The number of H-pyrrole nitrogens is 1. The van der Waals surface area contributed by atoms with Crippen LogP contribution in [0.4, 0.5) is 5.69 Å². The second kappa shape index (κ2) is 11.0. The lowest BCUT2D eigenvalue weighted by molar-refractivity contribution is 0.0950. The number of aromatic amines is 1. The number of carbonyl (C=O) groups is 1. The van der Waals surface area contributed by atoms with Crippen molar-refractivity contribution in [1.82, 2.24) is 10.3 Å². The van der Waals surface area contributed by atoms with Gasteiger partial charge in [0.1, 0.15) is 0 Å². The molecule has 3 aromatic rings. The molecule has 182 valence electrons. The molecule has 0 bridgehead atoms. The number of pyridine rings is 1. The number of aryl methyl sites for hydroxylation is 2. The molecule has 0 saturated heterocycles. The molecule has 1 aliphatic carbocycles. The van der Waals surface area contributed by atoms with Gasteiger partial charge in [0.25, 0.3) is 11.5 Å². The van der Waals surface area contributed by atoms with Gasteiger partial charge in [0.05, 0.1) is 5.56 Å². The van der Waals surface area contributed by atoms with Gasteiger partial charge in [-0.3, -0.25) is 9.59 Å². The Morgan fingerprint density at radius 3 is 2.46 bits per heavy atom. The summed E-state index contributed by atoms with van der Waals surface area (Å²) >= 11 is 3.49. The monoisotopic (exact) mass is 534 g/mol. The van der Waals surface area contributed by atoms with Crippen molar-refractivity contribution in [3.8, 4) is 11.1 Å². The van der Waals surface area contributed by atoms with E-state index in [0.717, 1.165) is 46.2 Å². The molecule has 1 heterocycles. The predicted octanol–water partition coefficient (Wildman–Crippen LogP) is 5.84. The van der Waals surface area contributed by atoms with Gasteiger partial charge in [-0.1, -0.05) is 53.0 Å². The number of amides is 1. The van der Waals surface area contributed by atoms with E-state index in [-0.39, 0.29) is 18.0 Å². The summed E-state index contributed by atoms with van der Waals surface area (Å²) in [4.78, 5) is 28.6. The second-order valence-corrected chi connectivity index (χ2v) is 9.77. The van der Waals surface area contributed by atoms with Crippen LogP contribution in [0.5, 0.6) is 0 Å². The molecule has 1 saturated carbocycles. The molecule has 0 unspecified atom stereocenters. The van der Waals surface area contributed by atoms with Crippen LogP contribution in [-0.4, -0.2) is 23.1 Å². The summed E-state index contributed by atoms with van der Waals surface area (Å²) in [5.74, 6) is -0.309. The van der Waals surface area contributed by atoms with Gasteiger partial charge in [0.15, 0.2) is 0 Å². The Bertz CT molecular complexity index is 1290. The van der Waals surface area contributed by atoms with Crippen LogP contribution >= 0.6 is 15.9 Å². The van der Waals surface area contributed by atoms with E-state index in [1.54, 1.807) is 0 Å². The molecule has 6 nitrogen and oxygen atoms in total. The molecule has 4 rings (SSSR count). The fourth-order valence-electron chi connectivity index (χ4n) is 4.72. The van der Waals surface area contributed by atoms with Crippen LogP contribution in [0.2, 0.25) is 0 Å². The van der Waals surface area contributed by atoms with Crippen molar-refractivity contribution in [2.24, 2.45) is 0 Å². The molecule has 0 aliphatic heterocycles. The van der Waals surface area contributed by atoms with Crippen LogP contribution in [0.25, 0.3) is 11.1 Å². The minimum absolute atomic E-state index is 0.118. The average Bonchev–Trinajstić information content (AvgIpc) is 3.36. The molecule has 1 amide bonds. The van der Waals surface area contributed by atoms with E-state index >= 15 is 0 Å². The number of anilines is 1. The van der Waals surface area contributed by atoms with Crippen molar-refractivity contribution in [1.29, 1.82) is 5.41 Å². The van der Waals surface area contributed by atoms with Gasteiger partial charge in [0, 0.05) is 46.6 Å². The molecule has 7 heteroatoms. The molecular weight excluding hydrogens is 504 g/mol. The Balaban J connectivity index is 1.71. The van der Waals surface area contributed by atoms with Crippen LogP contribution < -0.4 is 16.2 Å². The zero-order chi connectivity index (χ0) is 24.9. The van der Waals surface area contributed by atoms with Crippen molar-refractivity contribution in [2.75, 3.05) is 5.32 Å². The zero-order valence-corrected chi connectivity index (χ0v) is 21.7. The van der Waals surface area contributed by atoms with E-state index in [1.165, 1.54) is 24.6 Å². The standard InChI is InChI=1S/C28H31BrN4O2/c1-17-11-18(2)32-28(35)25(17)16-31-27(34)23-12-21(20-9-7-19(14-29)8-10-20)13-26(24(23)15-30)33-22-5-3-4-6-22/h7-13,15,22,30,33H,3-6,14,16H2,1-2H3,(H,31,34)(H,32,35). The van der Waals surface area contributed by atoms with Crippen LogP contribution in [0.3, 0.4) is 0 Å². The lowest BCUT2D eigenvalue weighted by Crippen LogP contribution is -2.29. The number of halogens is 1. The Hall–Kier alpha value is -3.19. The maximum absolute atomic E-state index is 13.4. The number of rotatable bonds is 8. The Morgan fingerprint density at radius 2 is 1.83 bits per heavy atom. The summed E-state index contributed by atoms with van der Waals surface area (Å²) in [5.41, 5.74) is 6.82. The number of nitrogens with one attached hydrogen (secondary N) is 4. The second-order valence-electron chi connectivity index (χ2n) is 9.21. The minimum Gasteiger partial charge on any atom is -0.382 e. The highest BCUT2D eigenvalue weighted by molar-refractivity contribution is 9.08. The van der Waals surface area contributed by atoms with E-state index in [2.05, 4.69) is 43.7 Å². The van der Waals surface area contributed by atoms with E-state index in [0.29, 0.717) is 22.7 Å². The molecule has 4 N–H and O–H groups in total. The summed E-state index contributed by atoms with van der Waals surface area (Å²) < 4.78 is 0. The highest BCUT2D eigenvalue weighted by Crippen LogP contribution is 2.31. The van der Waals surface area contributed by atoms with Crippen molar-refractivity contribution in [3.63, 3.8) is 0 Å². The first-order valence-electron chi connectivity index (χ1n) is 12.0. The molecule has 2 aromatic carbocycles. The first-order valence-corrected chi connectivity index (χ1v) is 13.1. The Morgan fingerprint density at radius 1 is 1.11 bits per heavy atom. The normalized spacial score (nSPS) is 13.6. The highest BCUT2D eigenvalue weighted by Gasteiger charge is 2.21. The van der Waals surface area contributed by atoms with Gasteiger partial charge in [-0.15, -0.1) is 0 Å². The topological polar surface area (TPSA) is 97.8 Å². The van der Waals surface area contributed by atoms with Crippen LogP contribution in [-0.2, 0) is 11.9 Å². The van der Waals surface area contributed by atoms with Gasteiger partial charge < -0.3 is 21.0 Å². The first-order chi connectivity index (χ1) is 16.9. The average molecular weight is 535 g/mol. The van der Waals surface area contributed by atoms with Gasteiger partial charge in [-0.25, -0.2) is 0 Å². The molecule has 1 aliphatic rings. The SMILES string of the molecule is Cc1cc(C)c(CNC(=O)c2cc(-c3ccc(CBr)cc3)cc(NC3CCCC3)c2C=N)c(=O)[nH]1. The smallest absolute Gasteiger partial charge is 0.253 e. The summed E-state index contributed by atoms with van der Waals surface area (Å²) in [6.45, 7) is 3.82. The highest BCUT2D eigenvalue weighted by atomic mass is 79.9. The fraction of sp³-hybridized carbons (Fsp3) is 0.321. The van der Waals surface area contributed by atoms with Crippen LogP contribution in [0.1, 0.15) is 64.0 Å². The third kappa shape index (κ3) is 5.73. The molecule has 0 atom stereocenters. The molecular formula is C28H31BrN4O2. The number of aromatic nitrogens is 1. The molecule has 0 spiro atoms. The minimum atomic E-state index is -0.309. The summed E-state index contributed by atoms with van der Waals surface area (Å²) in [6.07, 6.45) is 5.78. The van der Waals surface area contributed by atoms with E-state index < -0.39 is 0 Å². The number of hydrogen-bond donors (Lipinski definition) is 4.